The molecular weight excluding hydrogens is 417 g/mol. The minimum atomic E-state index is -0.0332. The third kappa shape index (κ3) is 4.47. The molecule has 8 heteroatoms. The first-order valence-electron chi connectivity index (χ1n) is 8.35. The van der Waals surface area contributed by atoms with E-state index in [1.165, 1.54) is 4.90 Å². The predicted molar refractivity (Wildman–Crippen MR) is 119 cm³/mol. The van der Waals surface area contributed by atoms with Gasteiger partial charge in [-0.3, -0.25) is 9.20 Å². The zero-order valence-electron chi connectivity index (χ0n) is 15.5. The van der Waals surface area contributed by atoms with Gasteiger partial charge in [0.25, 0.3) is 0 Å². The van der Waals surface area contributed by atoms with Crippen LogP contribution in [0.1, 0.15) is 5.56 Å². The van der Waals surface area contributed by atoms with Gasteiger partial charge in [0.2, 0.25) is 5.91 Å². The zero-order valence-corrected chi connectivity index (χ0v) is 17.9. The van der Waals surface area contributed by atoms with Gasteiger partial charge >= 0.3 is 0 Å². The molecule has 2 heterocycles. The number of amides is 1. The molecule has 0 atom stereocenters. The maximum absolute atomic E-state index is 11.6. The van der Waals surface area contributed by atoms with Gasteiger partial charge in [0.05, 0.1) is 22.5 Å². The van der Waals surface area contributed by atoms with Crippen LogP contribution in [0.15, 0.2) is 54.7 Å². The van der Waals surface area contributed by atoms with Crippen molar-refractivity contribution in [3.63, 3.8) is 0 Å². The van der Waals surface area contributed by atoms with E-state index in [0.717, 1.165) is 32.0 Å². The molecule has 0 N–H and O–H groups in total. The van der Waals surface area contributed by atoms with Crippen molar-refractivity contribution in [2.75, 3.05) is 20.7 Å². The van der Waals surface area contributed by atoms with Crippen LogP contribution in [0.3, 0.4) is 0 Å². The number of ether oxygens (including phenoxy) is 1. The maximum atomic E-state index is 11.6. The van der Waals surface area contributed by atoms with E-state index in [0.29, 0.717) is 6.61 Å². The molecule has 0 aliphatic carbocycles. The Kier molecular flexibility index (Phi) is 7.43. The molecule has 0 aliphatic heterocycles. The summed E-state index contributed by atoms with van der Waals surface area (Å²) >= 11 is 1.66. The molecule has 0 saturated carbocycles. The molecular formula is C20H21Cl2N3O2S. The van der Waals surface area contributed by atoms with E-state index in [1.54, 1.807) is 25.4 Å². The molecule has 0 saturated heterocycles. The lowest BCUT2D eigenvalue weighted by atomic mass is 10.2. The number of hydrogen-bond donors (Lipinski definition) is 0. The molecule has 148 valence electrons. The average Bonchev–Trinajstić information content (AvgIpc) is 3.19. The van der Waals surface area contributed by atoms with Gasteiger partial charge in [-0.05, 0) is 17.7 Å². The fourth-order valence-electron chi connectivity index (χ4n) is 2.77. The standard InChI is InChI=1S/C20H19N3O2S.2ClH/c1-22(2)19(24)13-25-12-14-8-9-17-18(10-14)26-20-21-16(11-23(17)20)15-6-4-3-5-7-15;;/h3-11H,12-13H2,1-2H3;2*1H. The van der Waals surface area contributed by atoms with Crippen molar-refractivity contribution < 1.29 is 9.53 Å². The van der Waals surface area contributed by atoms with E-state index >= 15 is 0 Å². The zero-order chi connectivity index (χ0) is 18.1. The number of carbonyl (C=O) groups excluding carboxylic acids is 1. The Morgan fingerprint density at radius 2 is 1.89 bits per heavy atom. The number of likely N-dealkylation sites (N-methyl/N-ethyl adjacent to an activating group) is 1. The van der Waals surface area contributed by atoms with Crippen molar-refractivity contribution in [3.05, 3.63) is 60.3 Å². The van der Waals surface area contributed by atoms with E-state index < -0.39 is 0 Å². The van der Waals surface area contributed by atoms with E-state index in [-0.39, 0.29) is 37.3 Å². The van der Waals surface area contributed by atoms with Crippen LogP contribution in [-0.2, 0) is 16.1 Å². The largest absolute Gasteiger partial charge is 0.367 e. The highest BCUT2D eigenvalue weighted by Crippen LogP contribution is 2.30. The lowest BCUT2D eigenvalue weighted by Crippen LogP contribution is -2.26. The van der Waals surface area contributed by atoms with E-state index in [4.69, 9.17) is 9.72 Å². The van der Waals surface area contributed by atoms with Crippen LogP contribution in [0, 0.1) is 0 Å². The molecule has 28 heavy (non-hydrogen) atoms. The number of halogens is 2. The molecule has 2 aromatic carbocycles. The second kappa shape index (κ2) is 9.39. The molecule has 5 nitrogen and oxygen atoms in total. The van der Waals surface area contributed by atoms with E-state index in [2.05, 4.69) is 34.9 Å². The number of nitrogens with zero attached hydrogens (tertiary/aromatic N) is 3. The first-order chi connectivity index (χ1) is 12.6. The highest BCUT2D eigenvalue weighted by molar-refractivity contribution is 7.23. The van der Waals surface area contributed by atoms with Crippen molar-refractivity contribution in [3.8, 4) is 11.3 Å². The SMILES string of the molecule is CN(C)C(=O)COCc1ccc2c(c1)sc1nc(-c3ccccc3)cn12.Cl.Cl. The Labute approximate surface area is 179 Å². The van der Waals surface area contributed by atoms with E-state index in [9.17, 15) is 4.79 Å². The normalized spacial score (nSPS) is 10.5. The van der Waals surface area contributed by atoms with Crippen molar-refractivity contribution in [2.45, 2.75) is 6.61 Å². The Hall–Kier alpha value is -2.12. The fraction of sp³-hybridized carbons (Fsp3) is 0.200. The second-order valence-corrected chi connectivity index (χ2v) is 7.34. The molecule has 4 rings (SSSR count). The van der Waals surface area contributed by atoms with Gasteiger partial charge in [0.15, 0.2) is 4.96 Å². The highest BCUT2D eigenvalue weighted by Gasteiger charge is 2.11. The number of thiazole rings is 1. The Morgan fingerprint density at radius 1 is 1.14 bits per heavy atom. The van der Waals surface area contributed by atoms with Gasteiger partial charge in [-0.2, -0.15) is 0 Å². The summed E-state index contributed by atoms with van der Waals surface area (Å²) in [7, 11) is 3.45. The van der Waals surface area contributed by atoms with Crippen LogP contribution in [0.25, 0.3) is 26.4 Å². The summed E-state index contributed by atoms with van der Waals surface area (Å²) in [5.74, 6) is -0.0332. The summed E-state index contributed by atoms with van der Waals surface area (Å²) in [6, 6.07) is 16.4. The minimum Gasteiger partial charge on any atom is -0.367 e. The monoisotopic (exact) mass is 437 g/mol. The number of benzene rings is 2. The molecule has 0 aliphatic rings. The van der Waals surface area contributed by atoms with Crippen LogP contribution in [0.4, 0.5) is 0 Å². The number of hydrogen-bond acceptors (Lipinski definition) is 4. The van der Waals surface area contributed by atoms with Gasteiger partial charge < -0.3 is 9.64 Å². The van der Waals surface area contributed by atoms with Crippen molar-refractivity contribution in [2.24, 2.45) is 0 Å². The summed E-state index contributed by atoms with van der Waals surface area (Å²) in [4.78, 5) is 18.8. The fourth-order valence-corrected chi connectivity index (χ4v) is 3.84. The topological polar surface area (TPSA) is 46.8 Å². The number of rotatable bonds is 5. The van der Waals surface area contributed by atoms with Crippen molar-refractivity contribution >= 4 is 57.2 Å². The number of imidazole rings is 1. The van der Waals surface area contributed by atoms with Crippen LogP contribution in [0.5, 0.6) is 0 Å². The van der Waals surface area contributed by atoms with Gasteiger partial charge in [-0.1, -0.05) is 47.7 Å². The molecule has 0 unspecified atom stereocenters. The molecule has 4 aromatic rings. The third-order valence-corrected chi connectivity index (χ3v) is 5.24. The number of aromatic nitrogens is 2. The second-order valence-electron chi connectivity index (χ2n) is 6.33. The van der Waals surface area contributed by atoms with Crippen molar-refractivity contribution in [1.82, 2.24) is 14.3 Å². The predicted octanol–water partition coefficient (Wildman–Crippen LogP) is 4.66. The Morgan fingerprint density at radius 3 is 2.61 bits per heavy atom. The lowest BCUT2D eigenvalue weighted by Gasteiger charge is -2.10. The van der Waals surface area contributed by atoms with Gasteiger partial charge in [0, 0.05) is 25.9 Å². The van der Waals surface area contributed by atoms with E-state index in [1.807, 2.05) is 24.3 Å². The quantitative estimate of drug-likeness (QED) is 0.455. The Bertz CT molecular complexity index is 1080. The summed E-state index contributed by atoms with van der Waals surface area (Å²) in [6.45, 7) is 0.518. The third-order valence-electron chi connectivity index (χ3n) is 4.22. The molecule has 0 radical (unpaired) electrons. The van der Waals surface area contributed by atoms with Crippen LogP contribution in [0.2, 0.25) is 0 Å². The molecule has 1 amide bonds. The number of carbonyl (C=O) groups is 1. The average molecular weight is 438 g/mol. The molecule has 2 aromatic heterocycles. The summed E-state index contributed by atoms with van der Waals surface area (Å²) in [6.07, 6.45) is 2.08. The van der Waals surface area contributed by atoms with Gasteiger partial charge in [0.1, 0.15) is 6.61 Å². The molecule has 0 fully saturated rings. The summed E-state index contributed by atoms with van der Waals surface area (Å²) in [5, 5.41) is 0. The summed E-state index contributed by atoms with van der Waals surface area (Å²) in [5.41, 5.74) is 4.28. The van der Waals surface area contributed by atoms with Crippen molar-refractivity contribution in [1.29, 1.82) is 0 Å². The summed E-state index contributed by atoms with van der Waals surface area (Å²) < 4.78 is 8.80. The number of fused-ring (bicyclic) bond motifs is 3. The van der Waals surface area contributed by atoms with Crippen LogP contribution >= 0.6 is 36.2 Å². The molecule has 0 bridgehead atoms. The first-order valence-corrected chi connectivity index (χ1v) is 9.17. The van der Waals surface area contributed by atoms with Crippen LogP contribution in [-0.4, -0.2) is 40.9 Å². The smallest absolute Gasteiger partial charge is 0.248 e. The molecule has 0 spiro atoms. The Balaban J connectivity index is 0.00000140. The lowest BCUT2D eigenvalue weighted by molar-refractivity contribution is -0.133. The van der Waals surface area contributed by atoms with Gasteiger partial charge in [-0.25, -0.2) is 4.98 Å². The highest BCUT2D eigenvalue weighted by atomic mass is 35.5. The van der Waals surface area contributed by atoms with Crippen LogP contribution < -0.4 is 0 Å². The maximum Gasteiger partial charge on any atom is 0.248 e. The minimum absolute atomic E-state index is 0. The first kappa shape index (κ1) is 22.2. The van der Waals surface area contributed by atoms with Gasteiger partial charge in [-0.15, -0.1) is 24.8 Å².